The number of aliphatic hydroxyl groups is 1. The number of amides is 1. The largest absolute Gasteiger partial charge is 0.491 e. The molecule has 0 aliphatic carbocycles. The van der Waals surface area contributed by atoms with Gasteiger partial charge in [0.25, 0.3) is 0 Å². The van der Waals surface area contributed by atoms with Gasteiger partial charge in [0, 0.05) is 38.0 Å². The molecule has 1 spiro atoms. The average molecular weight is 318 g/mol. The fraction of sp³-hybridized carbons (Fsp3) is 0.588. The fourth-order valence-electron chi connectivity index (χ4n) is 4.21. The molecule has 124 valence electrons. The Balaban J connectivity index is 1.54. The highest BCUT2D eigenvalue weighted by Gasteiger charge is 2.61. The second-order valence-corrected chi connectivity index (χ2v) is 6.36. The first-order valence-corrected chi connectivity index (χ1v) is 8.24. The summed E-state index contributed by atoms with van der Waals surface area (Å²) in [7, 11) is 0. The van der Waals surface area contributed by atoms with E-state index in [4.69, 9.17) is 14.6 Å². The van der Waals surface area contributed by atoms with Gasteiger partial charge in [-0.3, -0.25) is 9.69 Å². The van der Waals surface area contributed by atoms with Crippen LogP contribution in [0.15, 0.2) is 24.3 Å². The second-order valence-electron chi connectivity index (χ2n) is 6.36. The van der Waals surface area contributed by atoms with Crippen molar-refractivity contribution in [3.05, 3.63) is 29.8 Å². The zero-order valence-corrected chi connectivity index (χ0v) is 13.1. The molecular formula is C17H22N2O4. The molecule has 3 heterocycles. The summed E-state index contributed by atoms with van der Waals surface area (Å²) >= 11 is 0. The minimum atomic E-state index is -0.391. The Morgan fingerprint density at radius 1 is 1.35 bits per heavy atom. The molecule has 0 aromatic heterocycles. The lowest BCUT2D eigenvalue weighted by Gasteiger charge is -2.31. The predicted molar refractivity (Wildman–Crippen MR) is 82.9 cm³/mol. The van der Waals surface area contributed by atoms with Gasteiger partial charge in [-0.15, -0.1) is 0 Å². The van der Waals surface area contributed by atoms with Gasteiger partial charge >= 0.3 is 0 Å². The lowest BCUT2D eigenvalue weighted by molar-refractivity contribution is -0.136. The van der Waals surface area contributed by atoms with E-state index in [9.17, 15) is 4.79 Å². The van der Waals surface area contributed by atoms with Gasteiger partial charge < -0.3 is 19.5 Å². The summed E-state index contributed by atoms with van der Waals surface area (Å²) in [4.78, 5) is 16.5. The highest BCUT2D eigenvalue weighted by atomic mass is 16.5. The molecular weight excluding hydrogens is 296 g/mol. The molecule has 3 aliphatic rings. The zero-order chi connectivity index (χ0) is 15.9. The summed E-state index contributed by atoms with van der Waals surface area (Å²) in [5.74, 6) is 1.01. The molecule has 4 rings (SSSR count). The molecule has 0 unspecified atom stereocenters. The lowest BCUT2D eigenvalue weighted by Crippen LogP contribution is -2.47. The van der Waals surface area contributed by atoms with Gasteiger partial charge in [-0.2, -0.15) is 0 Å². The van der Waals surface area contributed by atoms with Crippen LogP contribution in [-0.2, 0) is 16.1 Å². The first kappa shape index (κ1) is 14.9. The quantitative estimate of drug-likeness (QED) is 0.861. The summed E-state index contributed by atoms with van der Waals surface area (Å²) in [6.07, 6.45) is 1.42. The van der Waals surface area contributed by atoms with Crippen LogP contribution in [0.25, 0.3) is 0 Å². The normalized spacial score (nSPS) is 29.9. The van der Waals surface area contributed by atoms with Crippen LogP contribution in [-0.4, -0.2) is 65.5 Å². The summed E-state index contributed by atoms with van der Waals surface area (Å²) in [5, 5.41) is 8.96. The van der Waals surface area contributed by atoms with Crippen molar-refractivity contribution in [1.29, 1.82) is 0 Å². The zero-order valence-electron chi connectivity index (χ0n) is 13.1. The molecule has 23 heavy (non-hydrogen) atoms. The Hall–Kier alpha value is -1.63. The summed E-state index contributed by atoms with van der Waals surface area (Å²) < 4.78 is 11.6. The van der Waals surface area contributed by atoms with Gasteiger partial charge in [-0.1, -0.05) is 18.2 Å². The van der Waals surface area contributed by atoms with Crippen molar-refractivity contribution in [3.63, 3.8) is 0 Å². The molecule has 6 nitrogen and oxygen atoms in total. The lowest BCUT2D eigenvalue weighted by atomic mass is 10.1. The maximum atomic E-state index is 12.2. The van der Waals surface area contributed by atoms with E-state index in [1.807, 2.05) is 29.2 Å². The Labute approximate surface area is 135 Å². The smallest absolute Gasteiger partial charge is 0.226 e. The molecule has 1 amide bonds. The number of rotatable bonds is 5. The molecule has 1 aromatic carbocycles. The minimum Gasteiger partial charge on any atom is -0.491 e. The van der Waals surface area contributed by atoms with Crippen molar-refractivity contribution in [2.24, 2.45) is 0 Å². The Bertz CT molecular complexity index is 608. The Kier molecular flexibility index (Phi) is 3.75. The molecule has 3 saturated heterocycles. The number of hydrogen-bond acceptors (Lipinski definition) is 5. The van der Waals surface area contributed by atoms with Crippen molar-refractivity contribution < 1.29 is 19.4 Å². The number of nitrogens with zero attached hydrogens (tertiary/aromatic N) is 2. The maximum Gasteiger partial charge on any atom is 0.226 e. The number of para-hydroxylation sites is 1. The molecule has 1 aromatic rings. The third-order valence-electron chi connectivity index (χ3n) is 5.21. The van der Waals surface area contributed by atoms with Gasteiger partial charge in [0.2, 0.25) is 5.91 Å². The first-order chi connectivity index (χ1) is 11.2. The number of ether oxygens (including phenoxy) is 2. The van der Waals surface area contributed by atoms with Crippen LogP contribution in [0, 0.1) is 0 Å². The van der Waals surface area contributed by atoms with Crippen LogP contribution in [0.5, 0.6) is 5.75 Å². The molecule has 0 radical (unpaired) electrons. The fourth-order valence-corrected chi connectivity index (χ4v) is 4.21. The van der Waals surface area contributed by atoms with E-state index in [0.29, 0.717) is 19.6 Å². The third kappa shape index (κ3) is 2.33. The van der Waals surface area contributed by atoms with E-state index in [-0.39, 0.29) is 18.6 Å². The van der Waals surface area contributed by atoms with Crippen molar-refractivity contribution >= 4 is 5.91 Å². The van der Waals surface area contributed by atoms with Gasteiger partial charge in [-0.05, 0) is 6.07 Å². The first-order valence-electron chi connectivity index (χ1n) is 8.24. The van der Waals surface area contributed by atoms with E-state index >= 15 is 0 Å². The monoisotopic (exact) mass is 318 g/mol. The van der Waals surface area contributed by atoms with E-state index in [0.717, 1.165) is 37.4 Å². The van der Waals surface area contributed by atoms with Crippen molar-refractivity contribution in [2.45, 2.75) is 31.2 Å². The van der Waals surface area contributed by atoms with Crippen LogP contribution >= 0.6 is 0 Å². The van der Waals surface area contributed by atoms with Gasteiger partial charge in [0.05, 0.1) is 19.3 Å². The predicted octanol–water partition coefficient (Wildman–Crippen LogP) is 0.591. The van der Waals surface area contributed by atoms with Crippen LogP contribution < -0.4 is 4.74 Å². The second kappa shape index (κ2) is 5.78. The SMILES string of the molecule is O=C1C[C@H]2N(Cc3ccccc3OCCO)CC[C@]23OCCN13. The number of likely N-dealkylation sites (tertiary alicyclic amines) is 1. The number of hydrogen-bond donors (Lipinski definition) is 1. The number of carbonyl (C=O) groups excluding carboxylic acids is 1. The van der Waals surface area contributed by atoms with Crippen LogP contribution in [0.3, 0.4) is 0 Å². The molecule has 6 heteroatoms. The number of aliphatic hydroxyl groups excluding tert-OH is 1. The summed E-state index contributed by atoms with van der Waals surface area (Å²) in [5.41, 5.74) is 0.694. The Morgan fingerprint density at radius 2 is 2.22 bits per heavy atom. The van der Waals surface area contributed by atoms with E-state index in [2.05, 4.69) is 4.90 Å². The van der Waals surface area contributed by atoms with Crippen LogP contribution in [0.4, 0.5) is 0 Å². The molecule has 0 saturated carbocycles. The molecule has 3 aliphatic heterocycles. The molecule has 2 atom stereocenters. The summed E-state index contributed by atoms with van der Waals surface area (Å²) in [6.45, 7) is 3.31. The van der Waals surface area contributed by atoms with Gasteiger partial charge in [0.15, 0.2) is 5.72 Å². The molecule has 3 fully saturated rings. The van der Waals surface area contributed by atoms with Gasteiger partial charge in [0.1, 0.15) is 12.4 Å². The molecule has 1 N–H and O–H groups in total. The highest BCUT2D eigenvalue weighted by molar-refractivity contribution is 5.81. The number of benzene rings is 1. The van der Waals surface area contributed by atoms with Crippen molar-refractivity contribution in [1.82, 2.24) is 9.80 Å². The van der Waals surface area contributed by atoms with E-state index in [1.165, 1.54) is 0 Å². The standard InChI is InChI=1S/C17H22N2O4/c20-8-10-22-14-4-2-1-3-13(14)12-18-6-5-17-15(18)11-16(21)19(17)7-9-23-17/h1-4,15,20H,5-12H2/t15-,17+/m1/s1. The third-order valence-corrected chi connectivity index (χ3v) is 5.21. The van der Waals surface area contributed by atoms with E-state index < -0.39 is 5.72 Å². The van der Waals surface area contributed by atoms with Crippen molar-refractivity contribution in [3.8, 4) is 5.75 Å². The van der Waals surface area contributed by atoms with Crippen LogP contribution in [0.2, 0.25) is 0 Å². The number of carbonyl (C=O) groups is 1. The summed E-state index contributed by atoms with van der Waals surface area (Å²) in [6, 6.07) is 8.02. The molecule has 0 bridgehead atoms. The maximum absolute atomic E-state index is 12.2. The highest BCUT2D eigenvalue weighted by Crippen LogP contribution is 2.46. The Morgan fingerprint density at radius 3 is 3.09 bits per heavy atom. The van der Waals surface area contributed by atoms with Crippen molar-refractivity contribution in [2.75, 3.05) is 32.9 Å². The average Bonchev–Trinajstić information content (AvgIpc) is 3.19. The van der Waals surface area contributed by atoms with Gasteiger partial charge in [-0.25, -0.2) is 0 Å². The van der Waals surface area contributed by atoms with Crippen LogP contribution in [0.1, 0.15) is 18.4 Å². The topological polar surface area (TPSA) is 62.2 Å². The van der Waals surface area contributed by atoms with E-state index in [1.54, 1.807) is 0 Å². The minimum absolute atomic E-state index is 0.00108.